The summed E-state index contributed by atoms with van der Waals surface area (Å²) in [5, 5.41) is 3.18. The standard InChI is InChI=1S/C16H18BrNO/c1-12-7-8-16(15(17)9-12)19-11-14-6-4-3-5-13(14)10-18-2/h3-9,18H,10-11H2,1-2H3. The van der Waals surface area contributed by atoms with Crippen LogP contribution in [-0.2, 0) is 13.2 Å². The van der Waals surface area contributed by atoms with Gasteiger partial charge in [-0.15, -0.1) is 0 Å². The van der Waals surface area contributed by atoms with E-state index < -0.39 is 0 Å². The van der Waals surface area contributed by atoms with Crippen LogP contribution in [0.3, 0.4) is 0 Å². The Morgan fingerprint density at radius 3 is 2.53 bits per heavy atom. The van der Waals surface area contributed by atoms with Gasteiger partial charge in [-0.25, -0.2) is 0 Å². The topological polar surface area (TPSA) is 21.3 Å². The van der Waals surface area contributed by atoms with Gasteiger partial charge < -0.3 is 10.1 Å². The number of halogens is 1. The second-order valence-electron chi connectivity index (χ2n) is 4.52. The minimum atomic E-state index is 0.583. The van der Waals surface area contributed by atoms with Crippen molar-refractivity contribution >= 4 is 15.9 Å². The summed E-state index contributed by atoms with van der Waals surface area (Å²) in [7, 11) is 1.95. The van der Waals surface area contributed by atoms with Crippen LogP contribution in [0.4, 0.5) is 0 Å². The Bertz CT molecular complexity index is 554. The highest BCUT2D eigenvalue weighted by Crippen LogP contribution is 2.26. The fraction of sp³-hybridized carbons (Fsp3) is 0.250. The minimum Gasteiger partial charge on any atom is -0.488 e. The summed E-state index contributed by atoms with van der Waals surface area (Å²) in [5.74, 6) is 0.880. The van der Waals surface area contributed by atoms with Gasteiger partial charge in [-0.2, -0.15) is 0 Å². The third-order valence-corrected chi connectivity index (χ3v) is 3.58. The normalized spacial score (nSPS) is 10.5. The van der Waals surface area contributed by atoms with Crippen molar-refractivity contribution < 1.29 is 4.74 Å². The van der Waals surface area contributed by atoms with E-state index >= 15 is 0 Å². The van der Waals surface area contributed by atoms with E-state index in [0.29, 0.717) is 6.61 Å². The van der Waals surface area contributed by atoms with Gasteiger partial charge >= 0.3 is 0 Å². The van der Waals surface area contributed by atoms with Gasteiger partial charge in [-0.05, 0) is 58.7 Å². The molecule has 0 aromatic heterocycles. The van der Waals surface area contributed by atoms with Crippen molar-refractivity contribution in [1.29, 1.82) is 0 Å². The number of rotatable bonds is 5. The van der Waals surface area contributed by atoms with Crippen LogP contribution < -0.4 is 10.1 Å². The molecule has 2 rings (SSSR count). The van der Waals surface area contributed by atoms with Gasteiger partial charge in [-0.3, -0.25) is 0 Å². The third-order valence-electron chi connectivity index (χ3n) is 2.96. The lowest BCUT2D eigenvalue weighted by atomic mass is 10.1. The molecule has 2 nitrogen and oxygen atoms in total. The lowest BCUT2D eigenvalue weighted by Crippen LogP contribution is -2.09. The van der Waals surface area contributed by atoms with Crippen LogP contribution in [0, 0.1) is 6.92 Å². The molecule has 0 atom stereocenters. The van der Waals surface area contributed by atoms with Crippen LogP contribution in [0.5, 0.6) is 5.75 Å². The fourth-order valence-electron chi connectivity index (χ4n) is 1.94. The molecule has 2 aromatic rings. The Morgan fingerprint density at radius 2 is 1.84 bits per heavy atom. The molecular formula is C16H18BrNO. The summed E-state index contributed by atoms with van der Waals surface area (Å²) < 4.78 is 6.89. The zero-order valence-electron chi connectivity index (χ0n) is 11.2. The number of benzene rings is 2. The van der Waals surface area contributed by atoms with Crippen molar-refractivity contribution in [2.24, 2.45) is 0 Å². The van der Waals surface area contributed by atoms with E-state index in [9.17, 15) is 0 Å². The van der Waals surface area contributed by atoms with Gasteiger partial charge in [0.1, 0.15) is 12.4 Å². The maximum absolute atomic E-state index is 5.89. The summed E-state index contributed by atoms with van der Waals surface area (Å²) in [6.45, 7) is 3.50. The van der Waals surface area contributed by atoms with E-state index in [4.69, 9.17) is 4.74 Å². The van der Waals surface area contributed by atoms with Gasteiger partial charge in [0.05, 0.1) is 4.47 Å². The maximum atomic E-state index is 5.89. The minimum absolute atomic E-state index is 0.583. The highest BCUT2D eigenvalue weighted by Gasteiger charge is 2.04. The highest BCUT2D eigenvalue weighted by atomic mass is 79.9. The smallest absolute Gasteiger partial charge is 0.134 e. The molecule has 0 radical (unpaired) electrons. The van der Waals surface area contributed by atoms with Gasteiger partial charge in [0.15, 0.2) is 0 Å². The Labute approximate surface area is 122 Å². The lowest BCUT2D eigenvalue weighted by Gasteiger charge is -2.12. The monoisotopic (exact) mass is 319 g/mol. The van der Waals surface area contributed by atoms with Crippen LogP contribution in [0.1, 0.15) is 16.7 Å². The first-order chi connectivity index (χ1) is 9.20. The SMILES string of the molecule is CNCc1ccccc1COc1ccc(C)cc1Br. The van der Waals surface area contributed by atoms with E-state index in [1.54, 1.807) is 0 Å². The molecule has 0 spiro atoms. The highest BCUT2D eigenvalue weighted by molar-refractivity contribution is 9.10. The van der Waals surface area contributed by atoms with Crippen molar-refractivity contribution in [3.63, 3.8) is 0 Å². The molecule has 3 heteroatoms. The van der Waals surface area contributed by atoms with Crippen molar-refractivity contribution in [1.82, 2.24) is 5.32 Å². The van der Waals surface area contributed by atoms with Crippen LogP contribution in [0.2, 0.25) is 0 Å². The van der Waals surface area contributed by atoms with Gasteiger partial charge in [-0.1, -0.05) is 30.3 Å². The van der Waals surface area contributed by atoms with E-state index in [0.717, 1.165) is 16.8 Å². The van der Waals surface area contributed by atoms with Gasteiger partial charge in [0.2, 0.25) is 0 Å². The molecule has 0 unspecified atom stereocenters. The number of ether oxygens (including phenoxy) is 1. The predicted molar refractivity (Wildman–Crippen MR) is 82.4 cm³/mol. The van der Waals surface area contributed by atoms with Crippen LogP contribution in [0.15, 0.2) is 46.9 Å². The zero-order valence-corrected chi connectivity index (χ0v) is 12.8. The molecule has 19 heavy (non-hydrogen) atoms. The fourth-order valence-corrected chi connectivity index (χ4v) is 2.55. The maximum Gasteiger partial charge on any atom is 0.134 e. The molecule has 0 saturated carbocycles. The Kier molecular flexibility index (Phi) is 5.00. The molecule has 0 saturated heterocycles. The molecular weight excluding hydrogens is 302 g/mol. The van der Waals surface area contributed by atoms with E-state index in [1.807, 2.05) is 19.2 Å². The second-order valence-corrected chi connectivity index (χ2v) is 5.38. The van der Waals surface area contributed by atoms with Crippen molar-refractivity contribution in [2.45, 2.75) is 20.1 Å². The summed E-state index contributed by atoms with van der Waals surface area (Å²) >= 11 is 3.53. The molecule has 1 N–H and O–H groups in total. The van der Waals surface area contributed by atoms with Crippen LogP contribution in [0.25, 0.3) is 0 Å². The number of nitrogens with one attached hydrogen (secondary N) is 1. The summed E-state index contributed by atoms with van der Waals surface area (Å²) in [5.41, 5.74) is 3.70. The molecule has 0 aliphatic carbocycles. The molecule has 2 aromatic carbocycles. The zero-order chi connectivity index (χ0) is 13.7. The van der Waals surface area contributed by atoms with Crippen LogP contribution in [-0.4, -0.2) is 7.05 Å². The largest absolute Gasteiger partial charge is 0.488 e. The van der Waals surface area contributed by atoms with Gasteiger partial charge in [0, 0.05) is 6.54 Å². The molecule has 0 aliphatic heterocycles. The van der Waals surface area contributed by atoms with E-state index in [2.05, 4.69) is 58.5 Å². The first kappa shape index (κ1) is 14.1. The number of hydrogen-bond acceptors (Lipinski definition) is 2. The molecule has 0 aliphatic rings. The molecule has 0 fully saturated rings. The molecule has 0 amide bonds. The predicted octanol–water partition coefficient (Wildman–Crippen LogP) is 4.06. The molecule has 100 valence electrons. The first-order valence-electron chi connectivity index (χ1n) is 6.31. The summed E-state index contributed by atoms with van der Waals surface area (Å²) in [6, 6.07) is 14.4. The molecule has 0 bridgehead atoms. The summed E-state index contributed by atoms with van der Waals surface area (Å²) in [4.78, 5) is 0. The van der Waals surface area contributed by atoms with E-state index in [-0.39, 0.29) is 0 Å². The Morgan fingerprint density at radius 1 is 1.11 bits per heavy atom. The van der Waals surface area contributed by atoms with Crippen molar-refractivity contribution in [2.75, 3.05) is 7.05 Å². The van der Waals surface area contributed by atoms with Crippen molar-refractivity contribution in [3.8, 4) is 5.75 Å². The summed E-state index contributed by atoms with van der Waals surface area (Å²) in [6.07, 6.45) is 0. The van der Waals surface area contributed by atoms with Gasteiger partial charge in [0.25, 0.3) is 0 Å². The average molecular weight is 320 g/mol. The average Bonchev–Trinajstić information content (AvgIpc) is 2.40. The number of aryl methyl sites for hydroxylation is 1. The number of hydrogen-bond donors (Lipinski definition) is 1. The third kappa shape index (κ3) is 3.82. The lowest BCUT2D eigenvalue weighted by molar-refractivity contribution is 0.303. The Balaban J connectivity index is 2.10. The first-order valence-corrected chi connectivity index (χ1v) is 7.10. The van der Waals surface area contributed by atoms with E-state index in [1.165, 1.54) is 16.7 Å². The molecule has 0 heterocycles. The van der Waals surface area contributed by atoms with Crippen LogP contribution >= 0.6 is 15.9 Å². The second kappa shape index (κ2) is 6.73. The Hall–Kier alpha value is -1.32. The quantitative estimate of drug-likeness (QED) is 0.897. The van der Waals surface area contributed by atoms with Crippen molar-refractivity contribution in [3.05, 3.63) is 63.6 Å².